The maximum absolute atomic E-state index is 11.4. The summed E-state index contributed by atoms with van der Waals surface area (Å²) in [7, 11) is 0. The van der Waals surface area contributed by atoms with Crippen LogP contribution >= 0.6 is 0 Å². The number of aryl methyl sites for hydroxylation is 1. The maximum Gasteiger partial charge on any atom is 0.252 e. The van der Waals surface area contributed by atoms with E-state index in [1.165, 1.54) is 6.07 Å². The van der Waals surface area contributed by atoms with Crippen LogP contribution in [0.25, 0.3) is 0 Å². The summed E-state index contributed by atoms with van der Waals surface area (Å²) in [5.74, 6) is 1.76. The number of rotatable bonds is 3. The first-order valence-corrected chi connectivity index (χ1v) is 5.69. The van der Waals surface area contributed by atoms with E-state index < -0.39 is 0 Å². The lowest BCUT2D eigenvalue weighted by Gasteiger charge is -2.17. The summed E-state index contributed by atoms with van der Waals surface area (Å²) in [4.78, 5) is 20.6. The second kappa shape index (κ2) is 4.65. The first-order chi connectivity index (χ1) is 7.72. The predicted octanol–water partition coefficient (Wildman–Crippen LogP) is 0.151. The molecule has 0 aromatic carbocycles. The molecule has 0 spiro atoms. The molecule has 1 atom stereocenters. The van der Waals surface area contributed by atoms with Crippen LogP contribution in [0.5, 0.6) is 0 Å². The molecule has 1 aromatic rings. The number of aliphatic hydroxyl groups is 1. The van der Waals surface area contributed by atoms with Crippen molar-refractivity contribution in [1.29, 1.82) is 0 Å². The minimum absolute atomic E-state index is 0.103. The fourth-order valence-electron chi connectivity index (χ4n) is 2.01. The summed E-state index contributed by atoms with van der Waals surface area (Å²) in [6.07, 6.45) is 1.69. The Labute approximate surface area is 94.1 Å². The predicted molar refractivity (Wildman–Crippen MR) is 61.6 cm³/mol. The summed E-state index contributed by atoms with van der Waals surface area (Å²) in [6.45, 7) is 3.82. The summed E-state index contributed by atoms with van der Waals surface area (Å²) in [5, 5.41) is 9.07. The van der Waals surface area contributed by atoms with Crippen molar-refractivity contribution in [3.63, 3.8) is 0 Å². The lowest BCUT2D eigenvalue weighted by atomic mass is 10.1. The Bertz CT molecular complexity index is 416. The van der Waals surface area contributed by atoms with Crippen LogP contribution in [0, 0.1) is 5.92 Å². The van der Waals surface area contributed by atoms with Gasteiger partial charge in [0.05, 0.1) is 0 Å². The number of aromatic nitrogens is 2. The van der Waals surface area contributed by atoms with Gasteiger partial charge >= 0.3 is 0 Å². The van der Waals surface area contributed by atoms with Crippen LogP contribution < -0.4 is 10.5 Å². The normalized spacial score (nSPS) is 20.4. The summed E-state index contributed by atoms with van der Waals surface area (Å²) in [5.41, 5.74) is -0.103. The van der Waals surface area contributed by atoms with E-state index in [-0.39, 0.29) is 12.2 Å². The van der Waals surface area contributed by atoms with Crippen molar-refractivity contribution >= 4 is 5.82 Å². The van der Waals surface area contributed by atoms with Gasteiger partial charge in [-0.2, -0.15) is 0 Å². The fraction of sp³-hybridized carbons (Fsp3) is 0.636. The van der Waals surface area contributed by atoms with E-state index in [2.05, 4.69) is 14.9 Å². The number of anilines is 1. The Kier molecular flexibility index (Phi) is 3.24. The molecule has 0 saturated carbocycles. The molecule has 5 heteroatoms. The lowest BCUT2D eigenvalue weighted by Crippen LogP contribution is -2.24. The average molecular weight is 223 g/mol. The summed E-state index contributed by atoms with van der Waals surface area (Å²) < 4.78 is 0. The van der Waals surface area contributed by atoms with Crippen LogP contribution in [0.15, 0.2) is 10.9 Å². The van der Waals surface area contributed by atoms with Gasteiger partial charge in [-0.25, -0.2) is 4.98 Å². The number of hydrogen-bond donors (Lipinski definition) is 2. The third-order valence-corrected chi connectivity index (χ3v) is 2.98. The van der Waals surface area contributed by atoms with Crippen LogP contribution in [0.2, 0.25) is 0 Å². The molecule has 0 radical (unpaired) electrons. The Morgan fingerprint density at radius 2 is 2.50 bits per heavy atom. The highest BCUT2D eigenvalue weighted by Gasteiger charge is 2.23. The zero-order chi connectivity index (χ0) is 11.5. The number of H-pyrrole nitrogens is 1. The summed E-state index contributed by atoms with van der Waals surface area (Å²) in [6, 6.07) is 1.53. The molecule has 2 heterocycles. The van der Waals surface area contributed by atoms with Crippen molar-refractivity contribution < 1.29 is 5.11 Å². The molecule has 1 fully saturated rings. The van der Waals surface area contributed by atoms with E-state index in [9.17, 15) is 4.79 Å². The molecule has 1 aliphatic heterocycles. The van der Waals surface area contributed by atoms with Crippen LogP contribution in [0.3, 0.4) is 0 Å². The molecule has 0 aliphatic carbocycles. The van der Waals surface area contributed by atoms with Gasteiger partial charge in [-0.1, -0.05) is 6.92 Å². The molecule has 2 rings (SSSR count). The van der Waals surface area contributed by atoms with Crippen LogP contribution in [-0.4, -0.2) is 34.8 Å². The smallest absolute Gasteiger partial charge is 0.252 e. The highest BCUT2D eigenvalue weighted by atomic mass is 16.3. The van der Waals surface area contributed by atoms with E-state index in [4.69, 9.17) is 5.11 Å². The molecule has 1 aliphatic rings. The van der Waals surface area contributed by atoms with Crippen molar-refractivity contribution in [3.8, 4) is 0 Å². The molecule has 0 bridgehead atoms. The van der Waals surface area contributed by atoms with E-state index in [1.54, 1.807) is 0 Å². The van der Waals surface area contributed by atoms with Crippen molar-refractivity contribution in [1.82, 2.24) is 9.97 Å². The van der Waals surface area contributed by atoms with Crippen LogP contribution in [-0.2, 0) is 6.42 Å². The molecule has 88 valence electrons. The SMILES string of the molecule is CCc1nc(N2CCC(CO)C2)cc(=O)[nH]1. The molecular weight excluding hydrogens is 206 g/mol. The van der Waals surface area contributed by atoms with Gasteiger partial charge in [-0.15, -0.1) is 0 Å². The van der Waals surface area contributed by atoms with Crippen molar-refractivity contribution in [3.05, 3.63) is 22.2 Å². The van der Waals surface area contributed by atoms with Gasteiger partial charge in [0.15, 0.2) is 0 Å². The number of nitrogens with one attached hydrogen (secondary N) is 1. The lowest BCUT2D eigenvalue weighted by molar-refractivity contribution is 0.238. The Hall–Kier alpha value is -1.36. The van der Waals surface area contributed by atoms with Crippen molar-refractivity contribution in [2.45, 2.75) is 19.8 Å². The van der Waals surface area contributed by atoms with Gasteiger partial charge in [0.25, 0.3) is 5.56 Å². The minimum Gasteiger partial charge on any atom is -0.396 e. The van der Waals surface area contributed by atoms with E-state index in [0.29, 0.717) is 5.92 Å². The van der Waals surface area contributed by atoms with E-state index in [1.807, 2.05) is 6.92 Å². The third kappa shape index (κ3) is 2.24. The van der Waals surface area contributed by atoms with E-state index in [0.717, 1.165) is 37.6 Å². The molecule has 0 amide bonds. The molecule has 1 aromatic heterocycles. The molecule has 1 unspecified atom stereocenters. The van der Waals surface area contributed by atoms with Gasteiger partial charge < -0.3 is 15.0 Å². The highest BCUT2D eigenvalue weighted by molar-refractivity contribution is 5.38. The van der Waals surface area contributed by atoms with Crippen molar-refractivity contribution in [2.24, 2.45) is 5.92 Å². The Balaban J connectivity index is 2.21. The minimum atomic E-state index is -0.103. The number of aliphatic hydroxyl groups excluding tert-OH is 1. The summed E-state index contributed by atoms with van der Waals surface area (Å²) >= 11 is 0. The first kappa shape index (κ1) is 11.1. The molecule has 5 nitrogen and oxygen atoms in total. The Morgan fingerprint density at radius 3 is 3.12 bits per heavy atom. The second-order valence-corrected chi connectivity index (χ2v) is 4.19. The van der Waals surface area contributed by atoms with Crippen LogP contribution in [0.1, 0.15) is 19.2 Å². The van der Waals surface area contributed by atoms with Gasteiger partial charge in [0, 0.05) is 38.1 Å². The van der Waals surface area contributed by atoms with Crippen LogP contribution in [0.4, 0.5) is 5.82 Å². The number of aromatic amines is 1. The van der Waals surface area contributed by atoms with Gasteiger partial charge in [0.2, 0.25) is 0 Å². The second-order valence-electron chi connectivity index (χ2n) is 4.19. The molecular formula is C11H17N3O2. The topological polar surface area (TPSA) is 69.2 Å². The quantitative estimate of drug-likeness (QED) is 0.765. The largest absolute Gasteiger partial charge is 0.396 e. The van der Waals surface area contributed by atoms with Crippen molar-refractivity contribution in [2.75, 3.05) is 24.6 Å². The third-order valence-electron chi connectivity index (χ3n) is 2.98. The first-order valence-electron chi connectivity index (χ1n) is 5.69. The van der Waals surface area contributed by atoms with Gasteiger partial charge in [0.1, 0.15) is 11.6 Å². The molecule has 16 heavy (non-hydrogen) atoms. The fourth-order valence-corrected chi connectivity index (χ4v) is 2.01. The van der Waals surface area contributed by atoms with Gasteiger partial charge in [-0.05, 0) is 6.42 Å². The van der Waals surface area contributed by atoms with E-state index >= 15 is 0 Å². The monoisotopic (exact) mass is 223 g/mol. The number of hydrogen-bond acceptors (Lipinski definition) is 4. The standard InChI is InChI=1S/C11H17N3O2/c1-2-9-12-10(5-11(16)13-9)14-4-3-8(6-14)7-15/h5,8,15H,2-4,6-7H2,1H3,(H,12,13,16). The van der Waals surface area contributed by atoms with Gasteiger partial charge in [-0.3, -0.25) is 4.79 Å². The Morgan fingerprint density at radius 1 is 1.69 bits per heavy atom. The highest BCUT2D eigenvalue weighted by Crippen LogP contribution is 2.20. The maximum atomic E-state index is 11.4. The average Bonchev–Trinajstić information content (AvgIpc) is 2.76. The molecule has 2 N–H and O–H groups in total. The zero-order valence-electron chi connectivity index (χ0n) is 9.44. The number of nitrogens with zero attached hydrogens (tertiary/aromatic N) is 2. The molecule has 1 saturated heterocycles. The zero-order valence-corrected chi connectivity index (χ0v) is 9.44.